The van der Waals surface area contributed by atoms with Crippen molar-refractivity contribution in [1.29, 1.82) is 0 Å². The second-order valence-electron chi connectivity index (χ2n) is 2.52. The summed E-state index contributed by atoms with van der Waals surface area (Å²) in [6.45, 7) is 3.95. The molecule has 0 amide bonds. The minimum atomic E-state index is -0.572. The van der Waals surface area contributed by atoms with Crippen LogP contribution in [0.15, 0.2) is 0 Å². The van der Waals surface area contributed by atoms with Gasteiger partial charge in [0.2, 0.25) is 0 Å². The second kappa shape index (κ2) is 5.76. The first-order valence-corrected chi connectivity index (χ1v) is 3.77. The van der Waals surface area contributed by atoms with Crippen LogP contribution in [0.1, 0.15) is 20.3 Å². The number of carbonyl (C=O) groups is 1. The highest BCUT2D eigenvalue weighted by Crippen LogP contribution is 2.12. The smallest absolute Gasteiger partial charge is 0.192 e. The van der Waals surface area contributed by atoms with E-state index < -0.39 is 5.60 Å². The first-order valence-electron chi connectivity index (χ1n) is 3.77. The first-order chi connectivity index (χ1) is 5.68. The van der Waals surface area contributed by atoms with Crippen molar-refractivity contribution in [2.75, 3.05) is 13.9 Å². The Bertz CT molecular complexity index is 190. The van der Waals surface area contributed by atoms with Gasteiger partial charge in [-0.2, -0.15) is 0 Å². The third-order valence-electron chi connectivity index (χ3n) is 1.57. The lowest BCUT2D eigenvalue weighted by atomic mass is 10.1. The van der Waals surface area contributed by atoms with Crippen LogP contribution in [0.4, 0.5) is 0 Å². The number of hydrogen-bond acceptors (Lipinski definition) is 3. The van der Waals surface area contributed by atoms with Crippen molar-refractivity contribution in [3.05, 3.63) is 0 Å². The molecule has 0 saturated heterocycles. The van der Waals surface area contributed by atoms with Gasteiger partial charge in [-0.3, -0.25) is 4.79 Å². The molecular weight excluding hydrogens is 156 g/mol. The van der Waals surface area contributed by atoms with E-state index in [0.717, 1.165) is 6.42 Å². The fourth-order valence-electron chi connectivity index (χ4n) is 0.598. The summed E-state index contributed by atoms with van der Waals surface area (Å²) < 4.78 is 10.0. The Morgan fingerprint density at radius 1 is 1.58 bits per heavy atom. The molecule has 3 nitrogen and oxygen atoms in total. The third-order valence-corrected chi connectivity index (χ3v) is 1.57. The highest BCUT2D eigenvalue weighted by atomic mass is 16.7. The summed E-state index contributed by atoms with van der Waals surface area (Å²) in [7, 11) is 1.54. The fourth-order valence-corrected chi connectivity index (χ4v) is 0.598. The number of aldehydes is 1. The van der Waals surface area contributed by atoms with Crippen molar-refractivity contribution < 1.29 is 14.3 Å². The zero-order valence-electron chi connectivity index (χ0n) is 7.72. The van der Waals surface area contributed by atoms with Crippen LogP contribution >= 0.6 is 0 Å². The maximum absolute atomic E-state index is 9.98. The number of methoxy groups -OCH3 is 1. The quantitative estimate of drug-likeness (QED) is 0.358. The predicted molar refractivity (Wildman–Crippen MR) is 45.5 cm³/mol. The molecule has 1 unspecified atom stereocenters. The average molecular weight is 170 g/mol. The number of hydrogen-bond donors (Lipinski definition) is 0. The van der Waals surface area contributed by atoms with E-state index in [1.54, 1.807) is 7.11 Å². The van der Waals surface area contributed by atoms with E-state index >= 15 is 0 Å². The van der Waals surface area contributed by atoms with Gasteiger partial charge in [-0.05, 0) is 19.3 Å². The van der Waals surface area contributed by atoms with E-state index in [9.17, 15) is 4.79 Å². The molecule has 12 heavy (non-hydrogen) atoms. The summed E-state index contributed by atoms with van der Waals surface area (Å²) >= 11 is 0. The fraction of sp³-hybridized carbons (Fsp3) is 0.667. The predicted octanol–water partition coefficient (Wildman–Crippen LogP) is 0.978. The lowest BCUT2D eigenvalue weighted by Crippen LogP contribution is -2.26. The van der Waals surface area contributed by atoms with Crippen LogP contribution in [-0.4, -0.2) is 25.8 Å². The van der Waals surface area contributed by atoms with Crippen LogP contribution in [0, 0.1) is 11.8 Å². The van der Waals surface area contributed by atoms with E-state index in [2.05, 4.69) is 11.8 Å². The minimum Gasteiger partial charge on any atom is -0.359 e. The number of ether oxygens (including phenoxy) is 2. The molecule has 68 valence electrons. The van der Waals surface area contributed by atoms with Gasteiger partial charge in [0.15, 0.2) is 6.29 Å². The standard InChI is InChI=1S/C9H14O3/c1-4-9(2,6-5-7-10)12-8-11-3/h7H,4,8H2,1-3H3. The first kappa shape index (κ1) is 11.2. The lowest BCUT2D eigenvalue weighted by molar-refractivity contribution is -0.104. The molecule has 0 spiro atoms. The van der Waals surface area contributed by atoms with Crippen LogP contribution in [-0.2, 0) is 14.3 Å². The van der Waals surface area contributed by atoms with Gasteiger partial charge < -0.3 is 9.47 Å². The zero-order valence-corrected chi connectivity index (χ0v) is 7.72. The lowest BCUT2D eigenvalue weighted by Gasteiger charge is -2.21. The molecule has 0 N–H and O–H groups in total. The van der Waals surface area contributed by atoms with Crippen LogP contribution in [0.25, 0.3) is 0 Å². The van der Waals surface area contributed by atoms with Crippen molar-refractivity contribution in [2.45, 2.75) is 25.9 Å². The van der Waals surface area contributed by atoms with Crippen LogP contribution < -0.4 is 0 Å². The number of carbonyl (C=O) groups excluding carboxylic acids is 1. The summed E-state index contributed by atoms with van der Waals surface area (Å²) in [6.07, 6.45) is 1.28. The Kier molecular flexibility index (Phi) is 5.35. The van der Waals surface area contributed by atoms with Gasteiger partial charge in [-0.15, -0.1) is 0 Å². The normalized spacial score (nSPS) is 14.2. The van der Waals surface area contributed by atoms with Gasteiger partial charge in [0.1, 0.15) is 12.4 Å². The van der Waals surface area contributed by atoms with Gasteiger partial charge in [-0.25, -0.2) is 0 Å². The molecule has 3 heteroatoms. The van der Waals surface area contributed by atoms with E-state index in [-0.39, 0.29) is 6.79 Å². The molecule has 0 aromatic heterocycles. The van der Waals surface area contributed by atoms with Gasteiger partial charge in [0.25, 0.3) is 0 Å². The molecular formula is C9H14O3. The van der Waals surface area contributed by atoms with Crippen molar-refractivity contribution in [2.24, 2.45) is 0 Å². The molecule has 1 atom stereocenters. The minimum absolute atomic E-state index is 0.192. The van der Waals surface area contributed by atoms with Crippen LogP contribution in [0.5, 0.6) is 0 Å². The van der Waals surface area contributed by atoms with Crippen molar-refractivity contribution in [3.8, 4) is 11.8 Å². The molecule has 0 fully saturated rings. The second-order valence-corrected chi connectivity index (χ2v) is 2.52. The molecule has 0 saturated carbocycles. The van der Waals surface area contributed by atoms with Crippen LogP contribution in [0.3, 0.4) is 0 Å². The number of rotatable bonds is 4. The van der Waals surface area contributed by atoms with E-state index in [4.69, 9.17) is 9.47 Å². The SMILES string of the molecule is CCC(C)(C#CC=O)OCOC. The van der Waals surface area contributed by atoms with Gasteiger partial charge >= 0.3 is 0 Å². The third kappa shape index (κ3) is 4.12. The molecule has 0 heterocycles. The van der Waals surface area contributed by atoms with Crippen molar-refractivity contribution >= 4 is 6.29 Å². The maximum atomic E-state index is 9.98. The monoisotopic (exact) mass is 170 g/mol. The van der Waals surface area contributed by atoms with E-state index in [0.29, 0.717) is 6.29 Å². The summed E-state index contributed by atoms with van der Waals surface area (Å²) in [5.41, 5.74) is -0.572. The molecule has 0 bridgehead atoms. The largest absolute Gasteiger partial charge is 0.359 e. The van der Waals surface area contributed by atoms with E-state index in [1.165, 1.54) is 0 Å². The Labute approximate surface area is 73.0 Å². The Hall–Kier alpha value is -0.850. The molecule has 0 rings (SSSR count). The topological polar surface area (TPSA) is 35.5 Å². The highest BCUT2D eigenvalue weighted by molar-refractivity contribution is 5.72. The zero-order chi connectivity index (χ0) is 9.45. The Morgan fingerprint density at radius 3 is 2.67 bits per heavy atom. The summed E-state index contributed by atoms with van der Waals surface area (Å²) in [5.74, 6) is 5.05. The highest BCUT2D eigenvalue weighted by Gasteiger charge is 2.18. The van der Waals surface area contributed by atoms with Crippen LogP contribution in [0.2, 0.25) is 0 Å². The van der Waals surface area contributed by atoms with Gasteiger partial charge in [-0.1, -0.05) is 12.8 Å². The molecule has 0 aromatic rings. The average Bonchev–Trinajstić information content (AvgIpc) is 2.11. The summed E-state index contributed by atoms with van der Waals surface area (Å²) in [5, 5.41) is 0. The van der Waals surface area contributed by atoms with E-state index in [1.807, 2.05) is 13.8 Å². The molecule has 0 radical (unpaired) electrons. The van der Waals surface area contributed by atoms with Crippen molar-refractivity contribution in [1.82, 2.24) is 0 Å². The molecule has 0 aliphatic heterocycles. The van der Waals surface area contributed by atoms with Crippen molar-refractivity contribution in [3.63, 3.8) is 0 Å². The van der Waals surface area contributed by atoms with Gasteiger partial charge in [0, 0.05) is 7.11 Å². The Balaban J connectivity index is 4.13. The summed E-state index contributed by atoms with van der Waals surface area (Å²) in [4.78, 5) is 9.98. The summed E-state index contributed by atoms with van der Waals surface area (Å²) in [6, 6.07) is 0. The Morgan fingerprint density at radius 2 is 2.25 bits per heavy atom. The molecule has 0 aromatic carbocycles. The maximum Gasteiger partial charge on any atom is 0.192 e. The molecule has 0 aliphatic rings. The van der Waals surface area contributed by atoms with Gasteiger partial charge in [0.05, 0.1) is 0 Å². The molecule has 0 aliphatic carbocycles.